The number of hydrogen-bond donors (Lipinski definition) is 2. The molecule has 0 bridgehead atoms. The normalized spacial score (nSPS) is 22.8. The van der Waals surface area contributed by atoms with E-state index in [2.05, 4.69) is 50.8 Å². The summed E-state index contributed by atoms with van der Waals surface area (Å²) < 4.78 is 0. The molecule has 2 atom stereocenters. The van der Waals surface area contributed by atoms with Crippen LogP contribution in [0.5, 0.6) is 0 Å². The van der Waals surface area contributed by atoms with Gasteiger partial charge in [0.25, 0.3) is 0 Å². The van der Waals surface area contributed by atoms with Crippen LogP contribution < -0.4 is 10.6 Å². The number of likely N-dealkylation sites (tertiary alicyclic amines) is 1. The number of amides is 1. The molecule has 1 amide bonds. The summed E-state index contributed by atoms with van der Waals surface area (Å²) in [6, 6.07) is 10.9. The van der Waals surface area contributed by atoms with Gasteiger partial charge < -0.3 is 10.6 Å². The molecule has 2 aliphatic rings. The molecule has 28 heavy (non-hydrogen) atoms. The van der Waals surface area contributed by atoms with Crippen molar-refractivity contribution in [1.82, 2.24) is 20.5 Å². The van der Waals surface area contributed by atoms with E-state index in [0.717, 1.165) is 56.8 Å². The average molecular weight is 403 g/mol. The molecular weight excluding hydrogens is 372 g/mol. The Bertz CT molecular complexity index is 806. The number of pyridine rings is 1. The molecule has 0 spiro atoms. The van der Waals surface area contributed by atoms with Crippen molar-refractivity contribution in [3.63, 3.8) is 0 Å². The Morgan fingerprint density at radius 2 is 2.14 bits per heavy atom. The molecule has 3 heterocycles. The van der Waals surface area contributed by atoms with Gasteiger partial charge in [-0.3, -0.25) is 14.7 Å². The van der Waals surface area contributed by atoms with Crippen molar-refractivity contribution >= 4 is 29.2 Å². The highest BCUT2D eigenvalue weighted by atomic mass is 35.5. The molecule has 2 aromatic rings. The predicted octanol–water partition coefficient (Wildman–Crippen LogP) is 3.05. The zero-order valence-electron chi connectivity index (χ0n) is 16.6. The molecule has 4 rings (SSSR count). The molecule has 1 aromatic carbocycles. The average Bonchev–Trinajstić information content (AvgIpc) is 3.21. The lowest BCUT2D eigenvalue weighted by atomic mass is 9.97. The minimum atomic E-state index is 0. The maximum absolute atomic E-state index is 12.2. The van der Waals surface area contributed by atoms with Gasteiger partial charge in [0, 0.05) is 30.7 Å². The van der Waals surface area contributed by atoms with Gasteiger partial charge in [0.2, 0.25) is 5.91 Å². The van der Waals surface area contributed by atoms with Crippen molar-refractivity contribution in [2.24, 2.45) is 5.92 Å². The highest BCUT2D eigenvalue weighted by Crippen LogP contribution is 2.21. The predicted molar refractivity (Wildman–Crippen MR) is 116 cm³/mol. The Balaban J connectivity index is 0.00000225. The number of aromatic nitrogens is 1. The maximum atomic E-state index is 12.2. The lowest BCUT2D eigenvalue weighted by Gasteiger charge is -2.33. The van der Waals surface area contributed by atoms with Crippen LogP contribution in [0.4, 0.5) is 0 Å². The fraction of sp³-hybridized carbons (Fsp3) is 0.545. The molecule has 2 saturated heterocycles. The van der Waals surface area contributed by atoms with Crippen LogP contribution >= 0.6 is 12.4 Å². The summed E-state index contributed by atoms with van der Waals surface area (Å²) in [7, 11) is 0. The molecule has 2 unspecified atom stereocenters. The van der Waals surface area contributed by atoms with Crippen molar-refractivity contribution in [2.75, 3.05) is 26.2 Å². The first-order chi connectivity index (χ1) is 13.2. The number of aryl methyl sites for hydroxylation is 1. The van der Waals surface area contributed by atoms with E-state index in [-0.39, 0.29) is 24.4 Å². The largest absolute Gasteiger partial charge is 0.354 e. The smallest absolute Gasteiger partial charge is 0.237 e. The summed E-state index contributed by atoms with van der Waals surface area (Å²) in [6.07, 6.45) is 4.49. The summed E-state index contributed by atoms with van der Waals surface area (Å²) in [5.41, 5.74) is 3.47. The number of carbonyl (C=O) groups excluding carboxylic acids is 1. The van der Waals surface area contributed by atoms with Gasteiger partial charge in [0.05, 0.1) is 11.6 Å². The molecule has 152 valence electrons. The molecule has 0 saturated carbocycles. The number of fused-ring (bicyclic) bond motifs is 1. The number of piperidine rings is 1. The second kappa shape index (κ2) is 9.68. The fourth-order valence-corrected chi connectivity index (χ4v) is 4.37. The molecule has 0 aliphatic carbocycles. The van der Waals surface area contributed by atoms with E-state index in [1.807, 2.05) is 6.92 Å². The summed E-state index contributed by atoms with van der Waals surface area (Å²) in [4.78, 5) is 19.3. The SMILES string of the molecule is Cc1ccc2cc(CN3CCCC(CNC(=O)C4CCCN4)C3)ccc2n1.Cl. The Morgan fingerprint density at radius 1 is 1.25 bits per heavy atom. The fourth-order valence-electron chi connectivity index (χ4n) is 4.37. The maximum Gasteiger partial charge on any atom is 0.237 e. The molecular formula is C22H31ClN4O. The van der Waals surface area contributed by atoms with Gasteiger partial charge in [-0.2, -0.15) is 0 Å². The van der Waals surface area contributed by atoms with Crippen LogP contribution in [0.3, 0.4) is 0 Å². The van der Waals surface area contributed by atoms with Crippen LogP contribution in [0.1, 0.15) is 36.9 Å². The van der Waals surface area contributed by atoms with Crippen LogP contribution in [-0.4, -0.2) is 48.0 Å². The third-order valence-electron chi connectivity index (χ3n) is 5.84. The van der Waals surface area contributed by atoms with Crippen molar-refractivity contribution in [3.05, 3.63) is 41.6 Å². The molecule has 5 nitrogen and oxygen atoms in total. The van der Waals surface area contributed by atoms with E-state index < -0.39 is 0 Å². The molecule has 1 aromatic heterocycles. The molecule has 2 fully saturated rings. The van der Waals surface area contributed by atoms with Crippen LogP contribution in [0, 0.1) is 12.8 Å². The second-order valence-corrected chi connectivity index (χ2v) is 8.12. The van der Waals surface area contributed by atoms with Crippen molar-refractivity contribution in [3.8, 4) is 0 Å². The van der Waals surface area contributed by atoms with E-state index in [9.17, 15) is 4.79 Å². The highest BCUT2D eigenvalue weighted by molar-refractivity contribution is 5.85. The zero-order chi connectivity index (χ0) is 18.6. The van der Waals surface area contributed by atoms with E-state index >= 15 is 0 Å². The van der Waals surface area contributed by atoms with Crippen LogP contribution in [0.2, 0.25) is 0 Å². The van der Waals surface area contributed by atoms with Gasteiger partial charge in [-0.15, -0.1) is 12.4 Å². The Kier molecular flexibility index (Phi) is 7.27. The standard InChI is InChI=1S/C22H30N4O.ClH/c1-16-6-8-19-12-17(7-9-20(19)25-16)14-26-11-3-4-18(15-26)13-24-22(27)21-5-2-10-23-21;/h6-9,12,18,21,23H,2-5,10-11,13-15H2,1H3,(H,24,27);1H. The van der Waals surface area contributed by atoms with E-state index in [1.54, 1.807) is 0 Å². The van der Waals surface area contributed by atoms with Gasteiger partial charge in [0.15, 0.2) is 0 Å². The highest BCUT2D eigenvalue weighted by Gasteiger charge is 2.24. The number of carbonyl (C=O) groups is 1. The third kappa shape index (κ3) is 5.22. The molecule has 0 radical (unpaired) electrons. The molecule has 2 N–H and O–H groups in total. The Hall–Kier alpha value is -1.69. The van der Waals surface area contributed by atoms with E-state index in [1.165, 1.54) is 23.8 Å². The van der Waals surface area contributed by atoms with Gasteiger partial charge in [-0.05, 0) is 75.4 Å². The lowest BCUT2D eigenvalue weighted by Crippen LogP contribution is -2.45. The molecule has 6 heteroatoms. The van der Waals surface area contributed by atoms with Gasteiger partial charge >= 0.3 is 0 Å². The van der Waals surface area contributed by atoms with Crippen molar-refractivity contribution in [1.29, 1.82) is 0 Å². The lowest BCUT2D eigenvalue weighted by molar-refractivity contribution is -0.123. The van der Waals surface area contributed by atoms with Gasteiger partial charge in [0.1, 0.15) is 0 Å². The van der Waals surface area contributed by atoms with E-state index in [0.29, 0.717) is 5.92 Å². The van der Waals surface area contributed by atoms with Crippen LogP contribution in [0.15, 0.2) is 30.3 Å². The summed E-state index contributed by atoms with van der Waals surface area (Å²) in [5, 5.41) is 7.66. The topological polar surface area (TPSA) is 57.3 Å². The van der Waals surface area contributed by atoms with Crippen molar-refractivity contribution in [2.45, 2.75) is 45.2 Å². The number of rotatable bonds is 5. The first kappa shape index (κ1) is 21.0. The van der Waals surface area contributed by atoms with Crippen LogP contribution in [0.25, 0.3) is 10.9 Å². The van der Waals surface area contributed by atoms with Gasteiger partial charge in [-0.25, -0.2) is 0 Å². The summed E-state index contributed by atoms with van der Waals surface area (Å²) >= 11 is 0. The van der Waals surface area contributed by atoms with Crippen molar-refractivity contribution < 1.29 is 4.79 Å². The first-order valence-electron chi connectivity index (χ1n) is 10.3. The minimum absolute atomic E-state index is 0. The number of halogens is 1. The Labute approximate surface area is 173 Å². The number of nitrogens with zero attached hydrogens (tertiary/aromatic N) is 2. The van der Waals surface area contributed by atoms with Gasteiger partial charge in [-0.1, -0.05) is 12.1 Å². The zero-order valence-corrected chi connectivity index (χ0v) is 17.4. The summed E-state index contributed by atoms with van der Waals surface area (Å²) in [5.74, 6) is 0.732. The number of benzene rings is 1. The van der Waals surface area contributed by atoms with Crippen LogP contribution in [-0.2, 0) is 11.3 Å². The summed E-state index contributed by atoms with van der Waals surface area (Å²) in [6.45, 7) is 6.97. The second-order valence-electron chi connectivity index (χ2n) is 8.12. The molecule has 2 aliphatic heterocycles. The quantitative estimate of drug-likeness (QED) is 0.807. The van der Waals surface area contributed by atoms with E-state index in [4.69, 9.17) is 0 Å². The number of hydrogen-bond acceptors (Lipinski definition) is 4. The monoisotopic (exact) mass is 402 g/mol. The first-order valence-corrected chi connectivity index (χ1v) is 10.3. The minimum Gasteiger partial charge on any atom is -0.354 e. The number of nitrogens with one attached hydrogen (secondary N) is 2. The Morgan fingerprint density at radius 3 is 2.96 bits per heavy atom. The third-order valence-corrected chi connectivity index (χ3v) is 5.84.